The van der Waals surface area contributed by atoms with E-state index in [-0.39, 0.29) is 17.0 Å². The van der Waals surface area contributed by atoms with Crippen LogP contribution in [0.15, 0.2) is 96.1 Å². The standard InChI is InChI=1S/C25H17ClN2O3/c26-18-11-13-19(14-12-18)27-28-22(23(29)17-7-2-1-3-8-17)25(31)21-15-10-16-6-4-5-9-20(16)24(21)30/h1-15,27,30H. The van der Waals surface area contributed by atoms with Gasteiger partial charge in [0.15, 0.2) is 5.71 Å². The Balaban J connectivity index is 1.77. The first-order valence-corrected chi connectivity index (χ1v) is 9.87. The Morgan fingerprint density at radius 2 is 1.45 bits per heavy atom. The summed E-state index contributed by atoms with van der Waals surface area (Å²) in [7, 11) is 0. The van der Waals surface area contributed by atoms with Gasteiger partial charge in [0.05, 0.1) is 11.3 Å². The van der Waals surface area contributed by atoms with Gasteiger partial charge in [-0.1, -0.05) is 72.3 Å². The van der Waals surface area contributed by atoms with Crippen LogP contribution in [0.2, 0.25) is 5.02 Å². The Hall–Kier alpha value is -3.96. The largest absolute Gasteiger partial charge is 0.507 e. The maximum Gasteiger partial charge on any atom is 0.220 e. The highest BCUT2D eigenvalue weighted by Gasteiger charge is 2.26. The first kappa shape index (κ1) is 20.3. The van der Waals surface area contributed by atoms with Crippen molar-refractivity contribution in [2.24, 2.45) is 5.10 Å². The summed E-state index contributed by atoms with van der Waals surface area (Å²) < 4.78 is 0. The third-order valence-electron chi connectivity index (χ3n) is 4.75. The summed E-state index contributed by atoms with van der Waals surface area (Å²) in [5.74, 6) is -1.43. The molecule has 152 valence electrons. The van der Waals surface area contributed by atoms with Gasteiger partial charge in [0.25, 0.3) is 0 Å². The Labute approximate surface area is 183 Å². The van der Waals surface area contributed by atoms with Gasteiger partial charge in [-0.05, 0) is 35.7 Å². The molecule has 0 aromatic heterocycles. The van der Waals surface area contributed by atoms with Crippen molar-refractivity contribution in [3.63, 3.8) is 0 Å². The van der Waals surface area contributed by atoms with Crippen LogP contribution in [-0.4, -0.2) is 22.4 Å². The van der Waals surface area contributed by atoms with E-state index >= 15 is 0 Å². The molecule has 5 nitrogen and oxygen atoms in total. The van der Waals surface area contributed by atoms with E-state index in [1.165, 1.54) is 6.07 Å². The first-order chi connectivity index (χ1) is 15.0. The zero-order valence-electron chi connectivity index (χ0n) is 16.2. The van der Waals surface area contributed by atoms with Crippen molar-refractivity contribution in [3.05, 3.63) is 107 Å². The Morgan fingerprint density at radius 3 is 2.19 bits per heavy atom. The Bertz CT molecular complexity index is 1300. The van der Waals surface area contributed by atoms with Crippen LogP contribution in [0.5, 0.6) is 5.75 Å². The lowest BCUT2D eigenvalue weighted by Crippen LogP contribution is -2.26. The summed E-state index contributed by atoms with van der Waals surface area (Å²) in [6.07, 6.45) is 0. The highest BCUT2D eigenvalue weighted by Crippen LogP contribution is 2.29. The molecular weight excluding hydrogens is 412 g/mol. The van der Waals surface area contributed by atoms with Gasteiger partial charge < -0.3 is 5.11 Å². The van der Waals surface area contributed by atoms with Crippen LogP contribution in [-0.2, 0) is 0 Å². The van der Waals surface area contributed by atoms with Crippen LogP contribution in [0, 0.1) is 0 Å². The maximum absolute atomic E-state index is 13.3. The minimum absolute atomic E-state index is 0.000336. The van der Waals surface area contributed by atoms with E-state index in [9.17, 15) is 14.7 Å². The number of hydrazone groups is 1. The number of benzene rings is 4. The number of phenols is 1. The Morgan fingerprint density at radius 1 is 0.774 bits per heavy atom. The quantitative estimate of drug-likeness (QED) is 0.178. The normalized spacial score (nSPS) is 11.3. The fourth-order valence-electron chi connectivity index (χ4n) is 3.14. The van der Waals surface area contributed by atoms with Crippen molar-refractivity contribution in [1.29, 1.82) is 0 Å². The van der Waals surface area contributed by atoms with E-state index in [1.54, 1.807) is 72.8 Å². The van der Waals surface area contributed by atoms with Crippen molar-refractivity contribution in [2.75, 3.05) is 5.43 Å². The fraction of sp³-hybridized carbons (Fsp3) is 0. The van der Waals surface area contributed by atoms with Crippen molar-refractivity contribution < 1.29 is 14.7 Å². The predicted octanol–water partition coefficient (Wildman–Crippen LogP) is 5.73. The first-order valence-electron chi connectivity index (χ1n) is 9.49. The van der Waals surface area contributed by atoms with E-state index in [0.29, 0.717) is 21.7 Å². The molecule has 0 amide bonds. The van der Waals surface area contributed by atoms with E-state index in [1.807, 2.05) is 12.1 Å². The zero-order chi connectivity index (χ0) is 21.8. The molecule has 2 N–H and O–H groups in total. The monoisotopic (exact) mass is 428 g/mol. The number of Topliss-reactive ketones (excluding diaryl/α,β-unsaturated/α-hetero) is 2. The van der Waals surface area contributed by atoms with Gasteiger partial charge in [-0.3, -0.25) is 15.0 Å². The van der Waals surface area contributed by atoms with Crippen LogP contribution in [0.3, 0.4) is 0 Å². The lowest BCUT2D eigenvalue weighted by molar-refractivity contribution is 0.102. The fourth-order valence-corrected chi connectivity index (χ4v) is 3.27. The predicted molar refractivity (Wildman–Crippen MR) is 123 cm³/mol. The van der Waals surface area contributed by atoms with Crippen LogP contribution in [0.1, 0.15) is 20.7 Å². The van der Waals surface area contributed by atoms with Crippen molar-refractivity contribution >= 4 is 45.3 Å². The van der Waals surface area contributed by atoms with Crippen LogP contribution < -0.4 is 5.43 Å². The molecule has 0 aliphatic rings. The molecular formula is C25H17ClN2O3. The number of rotatable bonds is 6. The molecule has 0 saturated heterocycles. The molecule has 0 unspecified atom stereocenters. The number of halogens is 1. The molecule has 0 spiro atoms. The van der Waals surface area contributed by atoms with Gasteiger partial charge in [0, 0.05) is 16.0 Å². The second kappa shape index (κ2) is 8.81. The molecule has 4 rings (SSSR count). The number of phenolic OH excluding ortho intramolecular Hbond substituents is 1. The maximum atomic E-state index is 13.3. The second-order valence-corrected chi connectivity index (χ2v) is 7.22. The smallest absolute Gasteiger partial charge is 0.220 e. The van der Waals surface area contributed by atoms with Crippen LogP contribution in [0.25, 0.3) is 10.8 Å². The molecule has 0 fully saturated rings. The topological polar surface area (TPSA) is 78.8 Å². The lowest BCUT2D eigenvalue weighted by atomic mass is 9.96. The molecule has 0 radical (unpaired) electrons. The van der Waals surface area contributed by atoms with Crippen molar-refractivity contribution in [2.45, 2.75) is 0 Å². The van der Waals surface area contributed by atoms with Gasteiger partial charge in [-0.25, -0.2) is 0 Å². The summed E-state index contributed by atoms with van der Waals surface area (Å²) in [5, 5.41) is 16.7. The number of carbonyl (C=O) groups is 2. The van der Waals surface area contributed by atoms with Crippen molar-refractivity contribution in [1.82, 2.24) is 0 Å². The molecule has 0 aliphatic heterocycles. The van der Waals surface area contributed by atoms with E-state index < -0.39 is 11.6 Å². The van der Waals surface area contributed by atoms with Crippen LogP contribution in [0.4, 0.5) is 5.69 Å². The SMILES string of the molecule is O=C(C(=NNc1ccc(Cl)cc1)C(=O)c1ccc2ccccc2c1O)c1ccccc1. The summed E-state index contributed by atoms with van der Waals surface area (Å²) in [4.78, 5) is 26.4. The third kappa shape index (κ3) is 4.32. The second-order valence-electron chi connectivity index (χ2n) is 6.79. The van der Waals surface area contributed by atoms with E-state index in [0.717, 1.165) is 5.39 Å². The molecule has 4 aromatic carbocycles. The molecule has 6 heteroatoms. The highest BCUT2D eigenvalue weighted by atomic mass is 35.5. The summed E-state index contributed by atoms with van der Waals surface area (Å²) in [5.41, 5.74) is 3.26. The summed E-state index contributed by atoms with van der Waals surface area (Å²) in [6.45, 7) is 0. The number of carbonyl (C=O) groups excluding carboxylic acids is 2. The minimum atomic E-state index is -0.682. The van der Waals surface area contributed by atoms with Gasteiger partial charge in [-0.15, -0.1) is 0 Å². The molecule has 0 bridgehead atoms. The molecule has 0 saturated carbocycles. The third-order valence-corrected chi connectivity index (χ3v) is 5.00. The summed E-state index contributed by atoms with van der Waals surface area (Å²) in [6, 6.07) is 25.4. The van der Waals surface area contributed by atoms with Gasteiger partial charge in [0.2, 0.25) is 11.6 Å². The number of hydrogen-bond acceptors (Lipinski definition) is 5. The van der Waals surface area contributed by atoms with Gasteiger partial charge in [0.1, 0.15) is 5.75 Å². The average molecular weight is 429 g/mol. The molecule has 0 heterocycles. The number of aromatic hydroxyl groups is 1. The average Bonchev–Trinajstić information content (AvgIpc) is 2.81. The molecule has 4 aromatic rings. The molecule has 31 heavy (non-hydrogen) atoms. The number of anilines is 1. The number of nitrogens with zero attached hydrogens (tertiary/aromatic N) is 1. The highest BCUT2D eigenvalue weighted by molar-refractivity contribution is 6.72. The number of hydrogen-bond donors (Lipinski definition) is 2. The molecule has 0 atom stereocenters. The zero-order valence-corrected chi connectivity index (χ0v) is 17.0. The van der Waals surface area contributed by atoms with Gasteiger partial charge >= 0.3 is 0 Å². The number of ketones is 2. The summed E-state index contributed by atoms with van der Waals surface area (Å²) >= 11 is 5.90. The Kier molecular flexibility index (Phi) is 5.78. The lowest BCUT2D eigenvalue weighted by Gasteiger charge is -2.10. The van der Waals surface area contributed by atoms with E-state index in [4.69, 9.17) is 11.6 Å². The minimum Gasteiger partial charge on any atom is -0.507 e. The van der Waals surface area contributed by atoms with Crippen molar-refractivity contribution in [3.8, 4) is 5.75 Å². The molecule has 0 aliphatic carbocycles. The van der Waals surface area contributed by atoms with E-state index in [2.05, 4.69) is 10.5 Å². The number of fused-ring (bicyclic) bond motifs is 1. The van der Waals surface area contributed by atoms with Gasteiger partial charge in [-0.2, -0.15) is 5.10 Å². The number of nitrogens with one attached hydrogen (secondary N) is 1. The van der Waals surface area contributed by atoms with Crippen LogP contribution >= 0.6 is 11.6 Å².